The van der Waals surface area contributed by atoms with E-state index in [0.717, 1.165) is 23.3 Å². The molecular weight excluding hydrogens is 357 g/mol. The Balaban J connectivity index is 2.11. The molecule has 1 aromatic heterocycles. The largest absolute Gasteiger partial charge is 0.366 e. The maximum atomic E-state index is 14.2. The van der Waals surface area contributed by atoms with Crippen LogP contribution in [0.2, 0.25) is 0 Å². The van der Waals surface area contributed by atoms with Crippen molar-refractivity contribution in [2.24, 2.45) is 5.73 Å². The van der Waals surface area contributed by atoms with Gasteiger partial charge in [0, 0.05) is 17.1 Å². The summed E-state index contributed by atoms with van der Waals surface area (Å²) in [5.74, 6) is -1.69. The number of hydrogen-bond acceptors (Lipinski definition) is 4. The van der Waals surface area contributed by atoms with Gasteiger partial charge in [-0.15, -0.1) is 0 Å². The number of nitrogens with zero attached hydrogens (tertiary/aromatic N) is 1. The van der Waals surface area contributed by atoms with Crippen LogP contribution in [-0.2, 0) is 10.0 Å². The van der Waals surface area contributed by atoms with Crippen molar-refractivity contribution < 1.29 is 17.6 Å². The zero-order chi connectivity index (χ0) is 19.1. The van der Waals surface area contributed by atoms with E-state index in [0.29, 0.717) is 10.9 Å². The zero-order valence-electron chi connectivity index (χ0n) is 14.1. The van der Waals surface area contributed by atoms with Crippen LogP contribution in [0.25, 0.3) is 10.9 Å². The molecule has 1 heterocycles. The van der Waals surface area contributed by atoms with Gasteiger partial charge in [0.1, 0.15) is 5.82 Å². The second-order valence-electron chi connectivity index (χ2n) is 5.88. The first kappa shape index (κ1) is 17.8. The van der Waals surface area contributed by atoms with Crippen LogP contribution in [0.5, 0.6) is 0 Å². The molecule has 0 unspecified atom stereocenters. The summed E-state index contributed by atoms with van der Waals surface area (Å²) < 4.78 is 42.1. The van der Waals surface area contributed by atoms with Gasteiger partial charge in [0.25, 0.3) is 10.0 Å². The van der Waals surface area contributed by atoms with Crippen LogP contribution in [0.4, 0.5) is 10.1 Å². The third-order valence-corrected chi connectivity index (χ3v) is 5.56. The number of carbonyl (C=O) groups excluding carboxylic acids is 1. The van der Waals surface area contributed by atoms with Crippen LogP contribution in [-0.4, -0.2) is 19.3 Å². The lowest BCUT2D eigenvalue weighted by molar-refractivity contribution is 0.1000. The first-order valence-electron chi connectivity index (χ1n) is 7.68. The molecule has 0 saturated carbocycles. The highest BCUT2D eigenvalue weighted by Crippen LogP contribution is 2.29. The number of primary amides is 1. The van der Waals surface area contributed by atoms with Gasteiger partial charge < -0.3 is 5.73 Å². The molecule has 3 N–H and O–H groups in total. The number of halogens is 1. The lowest BCUT2D eigenvalue weighted by Gasteiger charge is -2.14. The Hall–Kier alpha value is -3.00. The van der Waals surface area contributed by atoms with Gasteiger partial charge in [-0.1, -0.05) is 0 Å². The van der Waals surface area contributed by atoms with E-state index in [9.17, 15) is 17.6 Å². The fraction of sp³-hybridized carbons (Fsp3) is 0.111. The van der Waals surface area contributed by atoms with Gasteiger partial charge in [-0.25, -0.2) is 12.8 Å². The van der Waals surface area contributed by atoms with Gasteiger partial charge in [0.15, 0.2) is 0 Å². The first-order chi connectivity index (χ1) is 12.2. The number of carbonyl (C=O) groups is 1. The molecule has 8 heteroatoms. The van der Waals surface area contributed by atoms with Gasteiger partial charge in [-0.05, 0) is 61.4 Å². The Morgan fingerprint density at radius 1 is 1.19 bits per heavy atom. The molecule has 0 bridgehead atoms. The lowest BCUT2D eigenvalue weighted by atomic mass is 10.1. The molecule has 6 nitrogen and oxygen atoms in total. The Morgan fingerprint density at radius 2 is 1.92 bits per heavy atom. The predicted molar refractivity (Wildman–Crippen MR) is 96.9 cm³/mol. The number of aromatic nitrogens is 1. The molecule has 0 radical (unpaired) electrons. The van der Waals surface area contributed by atoms with Gasteiger partial charge in [0.05, 0.1) is 16.1 Å². The summed E-state index contributed by atoms with van der Waals surface area (Å²) in [5, 5.41) is 0.442. The fourth-order valence-electron chi connectivity index (χ4n) is 2.65. The standard InChI is InChI=1S/C18H16FN3O3S/c1-10-8-16(13-4-3-7-21-17(13)11(10)2)26(24,25)22-15-6-5-12(18(20)23)9-14(15)19/h3-9,22H,1-2H3,(H2,20,23). The van der Waals surface area contributed by atoms with E-state index >= 15 is 0 Å². The summed E-state index contributed by atoms with van der Waals surface area (Å²) in [5.41, 5.74) is 6.96. The predicted octanol–water partition coefficient (Wildman–Crippen LogP) is 2.89. The summed E-state index contributed by atoms with van der Waals surface area (Å²) in [4.78, 5) is 15.4. The number of fused-ring (bicyclic) bond motifs is 1. The number of benzene rings is 2. The number of aryl methyl sites for hydroxylation is 2. The quantitative estimate of drug-likeness (QED) is 0.734. The molecule has 3 rings (SSSR count). The summed E-state index contributed by atoms with van der Waals surface area (Å²) in [7, 11) is -4.08. The van der Waals surface area contributed by atoms with Crippen LogP contribution in [0.15, 0.2) is 47.5 Å². The van der Waals surface area contributed by atoms with E-state index in [1.807, 2.05) is 6.92 Å². The highest BCUT2D eigenvalue weighted by molar-refractivity contribution is 7.93. The minimum absolute atomic E-state index is 0.00192. The minimum Gasteiger partial charge on any atom is -0.366 e. The third-order valence-electron chi connectivity index (χ3n) is 4.15. The second-order valence-corrected chi connectivity index (χ2v) is 7.53. The van der Waals surface area contributed by atoms with Crippen molar-refractivity contribution in [3.8, 4) is 0 Å². The second kappa shape index (κ2) is 6.38. The maximum Gasteiger partial charge on any atom is 0.262 e. The Kier molecular flexibility index (Phi) is 4.37. The Labute approximate surface area is 149 Å². The average molecular weight is 373 g/mol. The Morgan fingerprint density at radius 3 is 2.58 bits per heavy atom. The topological polar surface area (TPSA) is 102 Å². The van der Waals surface area contributed by atoms with E-state index in [-0.39, 0.29) is 16.1 Å². The lowest BCUT2D eigenvalue weighted by Crippen LogP contribution is -2.16. The smallest absolute Gasteiger partial charge is 0.262 e. The van der Waals surface area contributed by atoms with E-state index in [4.69, 9.17) is 5.73 Å². The van der Waals surface area contributed by atoms with Crippen molar-refractivity contribution in [3.05, 3.63) is 65.1 Å². The molecule has 0 aliphatic heterocycles. The molecular formula is C18H16FN3O3S. The number of anilines is 1. The van der Waals surface area contributed by atoms with Crippen LogP contribution >= 0.6 is 0 Å². The average Bonchev–Trinajstić information content (AvgIpc) is 2.59. The molecule has 3 aromatic rings. The molecule has 0 atom stereocenters. The SMILES string of the molecule is Cc1cc(S(=O)(=O)Nc2ccc(C(N)=O)cc2F)c2cccnc2c1C. The molecule has 26 heavy (non-hydrogen) atoms. The monoisotopic (exact) mass is 373 g/mol. The van der Waals surface area contributed by atoms with Crippen LogP contribution in [0.1, 0.15) is 21.5 Å². The molecule has 0 spiro atoms. The summed E-state index contributed by atoms with van der Waals surface area (Å²) in [6.45, 7) is 3.64. The van der Waals surface area contributed by atoms with E-state index in [1.165, 1.54) is 12.1 Å². The summed E-state index contributed by atoms with van der Waals surface area (Å²) >= 11 is 0. The van der Waals surface area contributed by atoms with E-state index in [2.05, 4.69) is 9.71 Å². The fourth-order valence-corrected chi connectivity index (χ4v) is 4.00. The maximum absolute atomic E-state index is 14.2. The van der Waals surface area contributed by atoms with Crippen LogP contribution in [0, 0.1) is 19.7 Å². The number of sulfonamides is 1. The van der Waals surface area contributed by atoms with Gasteiger partial charge >= 0.3 is 0 Å². The molecule has 0 aliphatic rings. The van der Waals surface area contributed by atoms with Crippen molar-refractivity contribution in [2.75, 3.05) is 4.72 Å². The number of nitrogens with two attached hydrogens (primary N) is 1. The summed E-state index contributed by atoms with van der Waals surface area (Å²) in [6, 6.07) is 8.11. The molecule has 0 saturated heterocycles. The zero-order valence-corrected chi connectivity index (χ0v) is 14.9. The van der Waals surface area contributed by atoms with Crippen molar-refractivity contribution in [1.82, 2.24) is 4.98 Å². The van der Waals surface area contributed by atoms with Gasteiger partial charge in [0.2, 0.25) is 5.91 Å². The number of pyridine rings is 1. The highest BCUT2D eigenvalue weighted by atomic mass is 32.2. The van der Waals surface area contributed by atoms with Crippen molar-refractivity contribution in [3.63, 3.8) is 0 Å². The molecule has 0 fully saturated rings. The third kappa shape index (κ3) is 3.11. The molecule has 2 aromatic carbocycles. The normalized spacial score (nSPS) is 11.5. The molecule has 134 valence electrons. The number of amides is 1. The van der Waals surface area contributed by atoms with E-state index in [1.54, 1.807) is 25.3 Å². The Bertz CT molecular complexity index is 1140. The van der Waals surface area contributed by atoms with Crippen molar-refractivity contribution in [2.45, 2.75) is 18.7 Å². The minimum atomic E-state index is -4.08. The van der Waals surface area contributed by atoms with Crippen molar-refractivity contribution in [1.29, 1.82) is 0 Å². The van der Waals surface area contributed by atoms with Gasteiger partial charge in [-0.3, -0.25) is 14.5 Å². The van der Waals surface area contributed by atoms with Crippen LogP contribution < -0.4 is 10.5 Å². The molecule has 1 amide bonds. The molecule has 0 aliphatic carbocycles. The van der Waals surface area contributed by atoms with E-state index < -0.39 is 21.7 Å². The number of rotatable bonds is 4. The van der Waals surface area contributed by atoms with Crippen LogP contribution in [0.3, 0.4) is 0 Å². The van der Waals surface area contributed by atoms with Gasteiger partial charge in [-0.2, -0.15) is 0 Å². The first-order valence-corrected chi connectivity index (χ1v) is 9.16. The number of nitrogens with one attached hydrogen (secondary N) is 1. The van der Waals surface area contributed by atoms with Crippen molar-refractivity contribution >= 4 is 32.5 Å². The number of hydrogen-bond donors (Lipinski definition) is 2. The summed E-state index contributed by atoms with van der Waals surface area (Å²) in [6.07, 6.45) is 1.58. The highest BCUT2D eigenvalue weighted by Gasteiger charge is 2.21.